The SMILES string of the molecule is O=C(COC(=O)[C@H]1CCCN1S(=O)(=O)c1ccc(Cl)cc1)Nc1cccc([N+](=O)[O-])c1. The van der Waals surface area contributed by atoms with E-state index in [-0.39, 0.29) is 29.2 Å². The summed E-state index contributed by atoms with van der Waals surface area (Å²) in [7, 11) is -3.94. The van der Waals surface area contributed by atoms with E-state index in [0.29, 0.717) is 11.4 Å². The van der Waals surface area contributed by atoms with Crippen molar-refractivity contribution in [2.75, 3.05) is 18.5 Å². The quantitative estimate of drug-likeness (QED) is 0.375. The van der Waals surface area contributed by atoms with E-state index in [9.17, 15) is 28.1 Å². The largest absolute Gasteiger partial charge is 0.454 e. The summed E-state index contributed by atoms with van der Waals surface area (Å²) in [5.41, 5.74) is -0.0353. The molecule has 1 atom stereocenters. The maximum Gasteiger partial charge on any atom is 0.324 e. The molecule has 1 heterocycles. The number of non-ortho nitro benzene ring substituents is 1. The molecule has 1 aliphatic rings. The zero-order chi connectivity index (χ0) is 22.6. The molecule has 1 aliphatic heterocycles. The van der Waals surface area contributed by atoms with Crippen molar-refractivity contribution < 1.29 is 27.7 Å². The van der Waals surface area contributed by atoms with Gasteiger partial charge in [-0.3, -0.25) is 19.7 Å². The lowest BCUT2D eigenvalue weighted by molar-refractivity contribution is -0.384. The van der Waals surface area contributed by atoms with Crippen LogP contribution in [-0.4, -0.2) is 48.7 Å². The van der Waals surface area contributed by atoms with Crippen LogP contribution in [0.4, 0.5) is 11.4 Å². The summed E-state index contributed by atoms with van der Waals surface area (Å²) in [5.74, 6) is -1.55. The summed E-state index contributed by atoms with van der Waals surface area (Å²) in [6, 6.07) is 9.82. The van der Waals surface area contributed by atoms with Crippen LogP contribution in [0.2, 0.25) is 5.02 Å². The first-order valence-electron chi connectivity index (χ1n) is 9.17. The second-order valence-electron chi connectivity index (χ2n) is 6.69. The summed E-state index contributed by atoms with van der Waals surface area (Å²) >= 11 is 5.80. The Hall–Kier alpha value is -3.02. The van der Waals surface area contributed by atoms with Crippen molar-refractivity contribution in [2.45, 2.75) is 23.8 Å². The second-order valence-corrected chi connectivity index (χ2v) is 9.02. The third-order valence-electron chi connectivity index (χ3n) is 4.58. The Morgan fingerprint density at radius 2 is 1.94 bits per heavy atom. The van der Waals surface area contributed by atoms with Crippen molar-refractivity contribution in [1.29, 1.82) is 0 Å². The monoisotopic (exact) mass is 467 g/mol. The van der Waals surface area contributed by atoms with Crippen LogP contribution < -0.4 is 5.32 Å². The molecule has 0 unspecified atom stereocenters. The van der Waals surface area contributed by atoms with Gasteiger partial charge in [0.15, 0.2) is 6.61 Å². The van der Waals surface area contributed by atoms with Crippen LogP contribution in [0.1, 0.15) is 12.8 Å². The maximum atomic E-state index is 12.9. The van der Waals surface area contributed by atoms with E-state index in [4.69, 9.17) is 16.3 Å². The number of rotatable bonds is 7. The van der Waals surface area contributed by atoms with Gasteiger partial charge in [-0.25, -0.2) is 8.42 Å². The Bertz CT molecular complexity index is 1110. The smallest absolute Gasteiger partial charge is 0.324 e. The number of carbonyl (C=O) groups is 2. The number of hydrogen-bond acceptors (Lipinski definition) is 7. The van der Waals surface area contributed by atoms with Gasteiger partial charge in [-0.2, -0.15) is 4.31 Å². The minimum atomic E-state index is -3.94. The first-order valence-corrected chi connectivity index (χ1v) is 11.0. The highest BCUT2D eigenvalue weighted by molar-refractivity contribution is 7.89. The second kappa shape index (κ2) is 9.41. The zero-order valence-corrected chi connectivity index (χ0v) is 17.6. The number of sulfonamides is 1. The van der Waals surface area contributed by atoms with E-state index in [0.717, 1.165) is 10.4 Å². The summed E-state index contributed by atoms with van der Waals surface area (Å²) in [6.45, 7) is -0.516. The van der Waals surface area contributed by atoms with E-state index >= 15 is 0 Å². The van der Waals surface area contributed by atoms with Gasteiger partial charge >= 0.3 is 5.97 Å². The minimum Gasteiger partial charge on any atom is -0.454 e. The van der Waals surface area contributed by atoms with Crippen LogP contribution in [0.15, 0.2) is 53.4 Å². The number of anilines is 1. The Morgan fingerprint density at radius 3 is 2.61 bits per heavy atom. The van der Waals surface area contributed by atoms with Crippen LogP contribution in [-0.2, 0) is 24.3 Å². The lowest BCUT2D eigenvalue weighted by Gasteiger charge is -2.22. The lowest BCUT2D eigenvalue weighted by atomic mass is 10.2. The highest BCUT2D eigenvalue weighted by atomic mass is 35.5. The number of carbonyl (C=O) groups excluding carboxylic acids is 2. The normalized spacial score (nSPS) is 16.6. The predicted molar refractivity (Wildman–Crippen MR) is 111 cm³/mol. The average Bonchev–Trinajstić information content (AvgIpc) is 3.23. The molecule has 1 fully saturated rings. The molecule has 0 radical (unpaired) electrons. The van der Waals surface area contributed by atoms with Crippen LogP contribution in [0, 0.1) is 10.1 Å². The molecule has 0 aromatic heterocycles. The lowest BCUT2D eigenvalue weighted by Crippen LogP contribution is -2.42. The molecule has 0 spiro atoms. The molecule has 1 saturated heterocycles. The number of halogens is 1. The summed E-state index contributed by atoms with van der Waals surface area (Å²) in [4.78, 5) is 34.7. The Morgan fingerprint density at radius 1 is 1.23 bits per heavy atom. The van der Waals surface area contributed by atoms with Gasteiger partial charge in [-0.05, 0) is 43.2 Å². The third kappa shape index (κ3) is 5.37. The van der Waals surface area contributed by atoms with Crippen molar-refractivity contribution >= 4 is 44.9 Å². The predicted octanol–water partition coefficient (Wildman–Crippen LogP) is 2.58. The van der Waals surface area contributed by atoms with Crippen LogP contribution in [0.25, 0.3) is 0 Å². The van der Waals surface area contributed by atoms with E-state index in [1.54, 1.807) is 0 Å². The number of benzene rings is 2. The van der Waals surface area contributed by atoms with Crippen molar-refractivity contribution in [3.63, 3.8) is 0 Å². The standard InChI is InChI=1S/C19H18ClN3O7S/c20-13-6-8-16(9-7-13)31(28,29)22-10-2-5-17(22)19(25)30-12-18(24)21-14-3-1-4-15(11-14)23(26)27/h1,3-4,6-9,11,17H,2,5,10,12H2,(H,21,24)/t17-/m1/s1. The minimum absolute atomic E-state index is 0.0000139. The highest BCUT2D eigenvalue weighted by Gasteiger charge is 2.40. The van der Waals surface area contributed by atoms with Gasteiger partial charge in [0.2, 0.25) is 10.0 Å². The van der Waals surface area contributed by atoms with E-state index in [1.807, 2.05) is 0 Å². The van der Waals surface area contributed by atoms with Gasteiger partial charge in [0.05, 0.1) is 9.82 Å². The van der Waals surface area contributed by atoms with E-state index in [2.05, 4.69) is 5.32 Å². The molecule has 3 rings (SSSR count). The fraction of sp³-hybridized carbons (Fsp3) is 0.263. The van der Waals surface area contributed by atoms with Crippen molar-refractivity contribution in [2.24, 2.45) is 0 Å². The van der Waals surface area contributed by atoms with Crippen LogP contribution in [0.5, 0.6) is 0 Å². The molecule has 164 valence electrons. The molecule has 0 bridgehead atoms. The number of nitro benzene ring substituents is 1. The molecule has 10 nitrogen and oxygen atoms in total. The number of esters is 1. The molecule has 31 heavy (non-hydrogen) atoms. The summed E-state index contributed by atoms with van der Waals surface area (Å²) in [5, 5.41) is 13.6. The van der Waals surface area contributed by atoms with Crippen molar-refractivity contribution in [1.82, 2.24) is 4.31 Å². The van der Waals surface area contributed by atoms with Crippen molar-refractivity contribution in [3.8, 4) is 0 Å². The van der Waals surface area contributed by atoms with E-state index < -0.39 is 39.5 Å². The van der Waals surface area contributed by atoms with Gasteiger partial charge in [0, 0.05) is 29.4 Å². The molecular weight excluding hydrogens is 450 g/mol. The number of ether oxygens (including phenoxy) is 1. The average molecular weight is 468 g/mol. The van der Waals surface area contributed by atoms with Crippen LogP contribution in [0.3, 0.4) is 0 Å². The highest BCUT2D eigenvalue weighted by Crippen LogP contribution is 2.27. The molecule has 0 saturated carbocycles. The van der Waals surface area contributed by atoms with E-state index in [1.165, 1.54) is 42.5 Å². The maximum absolute atomic E-state index is 12.9. The number of hydrogen-bond donors (Lipinski definition) is 1. The third-order valence-corrected chi connectivity index (χ3v) is 6.76. The topological polar surface area (TPSA) is 136 Å². The number of amides is 1. The molecule has 12 heteroatoms. The Balaban J connectivity index is 1.62. The van der Waals surface area contributed by atoms with Gasteiger partial charge in [-0.1, -0.05) is 17.7 Å². The fourth-order valence-electron chi connectivity index (χ4n) is 3.13. The molecule has 1 N–H and O–H groups in total. The molecular formula is C19H18ClN3O7S. The molecule has 0 aliphatic carbocycles. The Labute approximate surface area is 183 Å². The molecule has 2 aromatic carbocycles. The first-order chi connectivity index (χ1) is 14.7. The van der Waals surface area contributed by atoms with Gasteiger partial charge in [0.25, 0.3) is 11.6 Å². The summed E-state index contributed by atoms with van der Waals surface area (Å²) < 4.78 is 31.8. The number of nitrogens with zero attached hydrogens (tertiary/aromatic N) is 2. The van der Waals surface area contributed by atoms with Crippen molar-refractivity contribution in [3.05, 3.63) is 63.7 Å². The van der Waals surface area contributed by atoms with Crippen LogP contribution >= 0.6 is 11.6 Å². The van der Waals surface area contributed by atoms with Gasteiger partial charge in [0.1, 0.15) is 6.04 Å². The number of nitro groups is 1. The Kier molecular flexibility index (Phi) is 6.88. The molecule has 1 amide bonds. The van der Waals surface area contributed by atoms with Gasteiger partial charge < -0.3 is 10.1 Å². The summed E-state index contributed by atoms with van der Waals surface area (Å²) in [6.07, 6.45) is 0.727. The first kappa shape index (κ1) is 22.7. The number of nitrogens with one attached hydrogen (secondary N) is 1. The molecule has 2 aromatic rings. The zero-order valence-electron chi connectivity index (χ0n) is 16.1. The fourth-order valence-corrected chi connectivity index (χ4v) is 4.91. The van der Waals surface area contributed by atoms with Gasteiger partial charge in [-0.15, -0.1) is 0 Å².